The highest BCUT2D eigenvalue weighted by Crippen LogP contribution is 2.37. The van der Waals surface area contributed by atoms with Gasteiger partial charge in [-0.1, -0.05) is 23.7 Å². The molecule has 1 heterocycles. The molecule has 0 amide bonds. The van der Waals surface area contributed by atoms with Gasteiger partial charge in [0.1, 0.15) is 6.61 Å². The number of halogens is 1. The Kier molecular flexibility index (Phi) is 3.56. The van der Waals surface area contributed by atoms with Crippen LogP contribution in [0.25, 0.3) is 0 Å². The minimum absolute atomic E-state index is 0.254. The molecule has 1 N–H and O–H groups in total. The first kappa shape index (κ1) is 13.3. The van der Waals surface area contributed by atoms with Crippen molar-refractivity contribution in [2.24, 2.45) is 0 Å². The van der Waals surface area contributed by atoms with E-state index in [1.807, 2.05) is 11.9 Å². The van der Waals surface area contributed by atoms with Gasteiger partial charge in [-0.2, -0.15) is 0 Å². The normalized spacial score (nSPS) is 28.5. The van der Waals surface area contributed by atoms with Gasteiger partial charge in [0.2, 0.25) is 0 Å². The number of hydrogen-bond acceptors (Lipinski definition) is 4. The Bertz CT molecular complexity index is 451. The summed E-state index contributed by atoms with van der Waals surface area (Å²) < 4.78 is 0. The molecule has 2 rings (SSSR count). The van der Waals surface area contributed by atoms with E-state index in [-0.39, 0.29) is 17.4 Å². The van der Waals surface area contributed by atoms with Crippen LogP contribution in [0.3, 0.4) is 0 Å². The molecule has 18 heavy (non-hydrogen) atoms. The summed E-state index contributed by atoms with van der Waals surface area (Å²) in [6, 6.07) is 7.02. The molecule has 98 valence electrons. The maximum absolute atomic E-state index is 11.3. The van der Waals surface area contributed by atoms with E-state index in [0.29, 0.717) is 11.6 Å². The molecule has 0 spiro atoms. The van der Waals surface area contributed by atoms with Gasteiger partial charge in [-0.25, -0.2) is 0 Å². The van der Waals surface area contributed by atoms with Crippen LogP contribution in [-0.4, -0.2) is 47.2 Å². The van der Waals surface area contributed by atoms with Gasteiger partial charge in [0.25, 0.3) is 5.54 Å². The Hall–Kier alpha value is -1.17. The van der Waals surface area contributed by atoms with Gasteiger partial charge < -0.3 is 5.11 Å². The zero-order valence-electron chi connectivity index (χ0n) is 10.0. The predicted molar refractivity (Wildman–Crippen MR) is 68.5 cm³/mol. The van der Waals surface area contributed by atoms with E-state index in [4.69, 9.17) is 11.6 Å². The van der Waals surface area contributed by atoms with E-state index < -0.39 is 12.1 Å². The summed E-state index contributed by atoms with van der Waals surface area (Å²) in [4.78, 5) is 12.9. The number of hydrogen-bond donors (Lipinski definition) is 1. The van der Waals surface area contributed by atoms with Gasteiger partial charge >= 0.3 is 0 Å². The molecule has 1 aliphatic rings. The lowest BCUT2D eigenvalue weighted by atomic mass is 9.83. The van der Waals surface area contributed by atoms with Crippen molar-refractivity contribution in [1.29, 1.82) is 0 Å². The van der Waals surface area contributed by atoms with Gasteiger partial charge in [-0.05, 0) is 24.7 Å². The lowest BCUT2D eigenvalue weighted by Gasteiger charge is -2.24. The minimum atomic E-state index is -1.32. The zero-order chi connectivity index (χ0) is 13.3. The van der Waals surface area contributed by atoms with E-state index in [9.17, 15) is 15.2 Å². The van der Waals surface area contributed by atoms with Crippen LogP contribution >= 0.6 is 11.6 Å². The van der Waals surface area contributed by atoms with Crippen LogP contribution in [0.2, 0.25) is 5.02 Å². The summed E-state index contributed by atoms with van der Waals surface area (Å²) in [6.07, 6.45) is 0. The first-order valence-corrected chi connectivity index (χ1v) is 6.07. The standard InChI is InChI=1S/C12H15ClN2O3/c1-14-6-11(9-2-4-10(13)5-3-9)12(7-14,8-16)15(17)18/h2-5,11,16H,6-8H2,1H3/t11-,12+/m1/s1. The van der Waals surface area contributed by atoms with Gasteiger partial charge in [0, 0.05) is 16.5 Å². The average molecular weight is 271 g/mol. The summed E-state index contributed by atoms with van der Waals surface area (Å²) in [6.45, 7) is 0.352. The van der Waals surface area contributed by atoms with Crippen molar-refractivity contribution in [3.8, 4) is 0 Å². The predicted octanol–water partition coefficient (Wildman–Crippen LogP) is 1.38. The van der Waals surface area contributed by atoms with Crippen LogP contribution in [0.1, 0.15) is 11.5 Å². The summed E-state index contributed by atoms with van der Waals surface area (Å²) in [5.74, 6) is -0.320. The number of aliphatic hydroxyl groups is 1. The molecule has 0 aliphatic carbocycles. The third kappa shape index (κ3) is 2.09. The Morgan fingerprint density at radius 3 is 2.67 bits per heavy atom. The number of rotatable bonds is 3. The molecular formula is C12H15ClN2O3. The van der Waals surface area contributed by atoms with Crippen molar-refractivity contribution in [3.63, 3.8) is 0 Å². The molecule has 0 saturated carbocycles. The van der Waals surface area contributed by atoms with E-state index in [2.05, 4.69) is 0 Å². The van der Waals surface area contributed by atoms with Crippen molar-refractivity contribution >= 4 is 11.6 Å². The van der Waals surface area contributed by atoms with Crippen LogP contribution in [0.5, 0.6) is 0 Å². The Morgan fingerprint density at radius 1 is 1.56 bits per heavy atom. The second-order valence-electron chi connectivity index (χ2n) is 4.82. The van der Waals surface area contributed by atoms with Crippen molar-refractivity contribution in [2.45, 2.75) is 11.5 Å². The monoisotopic (exact) mass is 270 g/mol. The Balaban J connectivity index is 2.41. The fourth-order valence-electron chi connectivity index (χ4n) is 2.64. The number of likely N-dealkylation sites (N-methyl/N-ethyl adjacent to an activating group) is 1. The van der Waals surface area contributed by atoms with Crippen LogP contribution in [-0.2, 0) is 0 Å². The van der Waals surface area contributed by atoms with Crippen molar-refractivity contribution in [2.75, 3.05) is 26.7 Å². The van der Waals surface area contributed by atoms with Gasteiger partial charge in [-0.3, -0.25) is 15.0 Å². The number of nitro groups is 1. The van der Waals surface area contributed by atoms with Crippen molar-refractivity contribution in [3.05, 3.63) is 45.0 Å². The highest BCUT2D eigenvalue weighted by atomic mass is 35.5. The molecule has 2 atom stereocenters. The number of nitrogens with zero attached hydrogens (tertiary/aromatic N) is 2. The molecule has 0 bridgehead atoms. The third-order valence-corrected chi connectivity index (χ3v) is 3.85. The molecule has 6 heteroatoms. The fourth-order valence-corrected chi connectivity index (χ4v) is 2.76. The van der Waals surface area contributed by atoms with Gasteiger partial charge in [-0.15, -0.1) is 0 Å². The molecule has 1 aliphatic heterocycles. The summed E-state index contributed by atoms with van der Waals surface area (Å²) in [5, 5.41) is 21.4. The largest absolute Gasteiger partial charge is 0.389 e. The summed E-state index contributed by atoms with van der Waals surface area (Å²) in [5.41, 5.74) is -0.475. The lowest BCUT2D eigenvalue weighted by Crippen LogP contribution is -2.48. The lowest BCUT2D eigenvalue weighted by molar-refractivity contribution is -0.572. The Morgan fingerprint density at radius 2 is 2.17 bits per heavy atom. The SMILES string of the molecule is CN1C[C@H](c2ccc(Cl)cc2)[C@](CO)([N+](=O)[O-])C1. The minimum Gasteiger partial charge on any atom is -0.389 e. The molecule has 1 aromatic carbocycles. The molecule has 1 aromatic rings. The van der Waals surface area contributed by atoms with Crippen LogP contribution in [0, 0.1) is 10.1 Å². The van der Waals surface area contributed by atoms with Crippen molar-refractivity contribution < 1.29 is 10.0 Å². The van der Waals surface area contributed by atoms with Crippen LogP contribution in [0.4, 0.5) is 0 Å². The smallest absolute Gasteiger partial charge is 0.265 e. The first-order valence-electron chi connectivity index (χ1n) is 5.69. The quantitative estimate of drug-likeness (QED) is 0.666. The van der Waals surface area contributed by atoms with Gasteiger partial charge in [0.15, 0.2) is 0 Å². The molecule has 0 aromatic heterocycles. The number of aliphatic hydroxyl groups excluding tert-OH is 1. The molecule has 0 radical (unpaired) electrons. The molecular weight excluding hydrogens is 256 g/mol. The summed E-state index contributed by atoms with van der Waals surface area (Å²) >= 11 is 5.82. The topological polar surface area (TPSA) is 66.6 Å². The maximum atomic E-state index is 11.3. The van der Waals surface area contributed by atoms with Crippen LogP contribution < -0.4 is 0 Å². The van der Waals surface area contributed by atoms with E-state index in [0.717, 1.165) is 5.56 Å². The highest BCUT2D eigenvalue weighted by molar-refractivity contribution is 6.30. The third-order valence-electron chi connectivity index (χ3n) is 3.60. The number of likely N-dealkylation sites (tertiary alicyclic amines) is 1. The van der Waals surface area contributed by atoms with E-state index >= 15 is 0 Å². The average Bonchev–Trinajstić information content (AvgIpc) is 2.68. The zero-order valence-corrected chi connectivity index (χ0v) is 10.8. The van der Waals surface area contributed by atoms with E-state index in [1.165, 1.54) is 0 Å². The molecule has 5 nitrogen and oxygen atoms in total. The Labute approximate surface area is 110 Å². The highest BCUT2D eigenvalue weighted by Gasteiger charge is 2.56. The van der Waals surface area contributed by atoms with Gasteiger partial charge in [0.05, 0.1) is 12.5 Å². The molecule has 1 saturated heterocycles. The second kappa shape index (κ2) is 4.84. The molecule has 0 unspecified atom stereocenters. The van der Waals surface area contributed by atoms with Crippen molar-refractivity contribution in [1.82, 2.24) is 4.90 Å². The summed E-state index contributed by atoms with van der Waals surface area (Å²) in [7, 11) is 1.82. The first-order chi connectivity index (χ1) is 8.49. The second-order valence-corrected chi connectivity index (χ2v) is 5.26. The maximum Gasteiger partial charge on any atom is 0.265 e. The fraction of sp³-hybridized carbons (Fsp3) is 0.500. The number of benzene rings is 1. The molecule has 1 fully saturated rings. The van der Waals surface area contributed by atoms with E-state index in [1.54, 1.807) is 24.3 Å². The van der Waals surface area contributed by atoms with Crippen LogP contribution in [0.15, 0.2) is 24.3 Å².